The van der Waals surface area contributed by atoms with E-state index in [2.05, 4.69) is 0 Å². The van der Waals surface area contributed by atoms with Gasteiger partial charge in [0.15, 0.2) is 0 Å². The smallest absolute Gasteiger partial charge is 0.547 e. The van der Waals surface area contributed by atoms with Gasteiger partial charge in [0.05, 0.1) is 11.9 Å². The molecule has 0 amide bonds. The van der Waals surface area contributed by atoms with Crippen molar-refractivity contribution in [3.63, 3.8) is 0 Å². The summed E-state index contributed by atoms with van der Waals surface area (Å²) in [6.45, 7) is 0. The number of aliphatic hydroxyl groups is 2. The maximum atomic E-state index is 10.1. The molecule has 0 saturated heterocycles. The van der Waals surface area contributed by atoms with Crippen molar-refractivity contribution < 1.29 is 74.8 Å². The van der Waals surface area contributed by atoms with Crippen LogP contribution in [0.2, 0.25) is 0 Å². The predicted octanol–water partition coefficient (Wildman–Crippen LogP) is -1.07. The second kappa shape index (κ2) is 13.1. The normalized spacial score (nSPS) is 11.4. The van der Waals surface area contributed by atoms with Crippen LogP contribution >= 0.6 is 0 Å². The van der Waals surface area contributed by atoms with Gasteiger partial charge in [0.2, 0.25) is 0 Å². The van der Waals surface area contributed by atoms with E-state index in [1.54, 1.807) is 36.4 Å². The SMILES string of the molecule is O=C([O-])C(O)c1ccccc1.O=C([O-])C(O)c1ccccc1.[Ag+].[Ag+]. The first-order chi connectivity index (χ1) is 10.4. The first-order valence-corrected chi connectivity index (χ1v) is 6.31. The molecule has 0 radical (unpaired) electrons. The molecule has 0 spiro atoms. The summed E-state index contributed by atoms with van der Waals surface area (Å²) in [6, 6.07) is 16.2. The van der Waals surface area contributed by atoms with Crippen LogP contribution in [0.5, 0.6) is 0 Å². The fourth-order valence-corrected chi connectivity index (χ4v) is 1.54. The van der Waals surface area contributed by atoms with Crippen LogP contribution in [-0.4, -0.2) is 22.2 Å². The van der Waals surface area contributed by atoms with Crippen molar-refractivity contribution >= 4 is 11.9 Å². The third-order valence-corrected chi connectivity index (χ3v) is 2.68. The van der Waals surface area contributed by atoms with Gasteiger partial charge in [-0.25, -0.2) is 0 Å². The van der Waals surface area contributed by atoms with Gasteiger partial charge in [0.1, 0.15) is 12.2 Å². The molecule has 0 bridgehead atoms. The number of carbonyl (C=O) groups is 2. The number of carboxylic acid groups (broad SMARTS) is 2. The van der Waals surface area contributed by atoms with E-state index < -0.39 is 24.1 Å². The molecule has 0 aliphatic carbocycles. The molecule has 24 heavy (non-hydrogen) atoms. The van der Waals surface area contributed by atoms with E-state index in [9.17, 15) is 19.8 Å². The van der Waals surface area contributed by atoms with Crippen molar-refractivity contribution in [3.8, 4) is 0 Å². The van der Waals surface area contributed by atoms with Gasteiger partial charge in [0, 0.05) is 0 Å². The summed E-state index contributed by atoms with van der Waals surface area (Å²) in [6.07, 6.45) is -3.03. The predicted molar refractivity (Wildman–Crippen MR) is 72.8 cm³/mol. The van der Waals surface area contributed by atoms with Gasteiger partial charge in [-0.1, -0.05) is 60.7 Å². The van der Waals surface area contributed by atoms with Crippen molar-refractivity contribution in [2.24, 2.45) is 0 Å². The third kappa shape index (κ3) is 8.58. The number of hydrogen-bond donors (Lipinski definition) is 2. The van der Waals surface area contributed by atoms with E-state index >= 15 is 0 Å². The number of rotatable bonds is 4. The minimum absolute atomic E-state index is 0. The Labute approximate surface area is 170 Å². The van der Waals surface area contributed by atoms with E-state index in [1.165, 1.54) is 24.3 Å². The molecule has 2 rings (SSSR count). The Morgan fingerprint density at radius 1 is 0.667 bits per heavy atom. The fourth-order valence-electron chi connectivity index (χ4n) is 1.54. The topological polar surface area (TPSA) is 121 Å². The summed E-state index contributed by atoms with van der Waals surface area (Å²) in [4.78, 5) is 20.3. The summed E-state index contributed by atoms with van der Waals surface area (Å²) in [5.74, 6) is -2.95. The Hall–Kier alpha value is -1.22. The van der Waals surface area contributed by atoms with Gasteiger partial charge in [-0.15, -0.1) is 0 Å². The van der Waals surface area contributed by atoms with Crippen molar-refractivity contribution in [1.82, 2.24) is 0 Å². The Bertz CT molecular complexity index is 551. The molecule has 8 heteroatoms. The Morgan fingerprint density at radius 2 is 0.917 bits per heavy atom. The molecule has 0 heterocycles. The molecule has 2 N–H and O–H groups in total. The number of aliphatic hydroxyl groups excluding tert-OH is 2. The molecule has 0 fully saturated rings. The largest absolute Gasteiger partial charge is 1.00 e. The van der Waals surface area contributed by atoms with Gasteiger partial charge in [-0.3, -0.25) is 0 Å². The van der Waals surface area contributed by atoms with Crippen LogP contribution in [0.4, 0.5) is 0 Å². The number of carboxylic acids is 2. The molecular weight excluding hydrogens is 504 g/mol. The van der Waals surface area contributed by atoms with E-state index in [1.807, 2.05) is 0 Å². The van der Waals surface area contributed by atoms with Gasteiger partial charge in [-0.2, -0.15) is 0 Å². The van der Waals surface area contributed by atoms with Crippen LogP contribution in [0.3, 0.4) is 0 Å². The average molecular weight is 518 g/mol. The van der Waals surface area contributed by atoms with E-state index in [4.69, 9.17) is 10.2 Å². The van der Waals surface area contributed by atoms with E-state index in [-0.39, 0.29) is 44.8 Å². The molecular formula is C16H14Ag2O6. The van der Waals surface area contributed by atoms with Crippen molar-refractivity contribution in [2.75, 3.05) is 0 Å². The van der Waals surface area contributed by atoms with Crippen LogP contribution in [0.25, 0.3) is 0 Å². The summed E-state index contributed by atoms with van der Waals surface area (Å²) in [5.41, 5.74) is 0.681. The zero-order valence-corrected chi connectivity index (χ0v) is 15.0. The van der Waals surface area contributed by atoms with Crippen LogP contribution in [0.15, 0.2) is 60.7 Å². The summed E-state index contributed by atoms with van der Waals surface area (Å²) >= 11 is 0. The summed E-state index contributed by atoms with van der Waals surface area (Å²) < 4.78 is 0. The molecule has 6 nitrogen and oxygen atoms in total. The Kier molecular flexibility index (Phi) is 13.7. The van der Waals surface area contributed by atoms with Gasteiger partial charge in [-0.05, 0) is 11.1 Å². The van der Waals surface area contributed by atoms with E-state index in [0.29, 0.717) is 11.1 Å². The molecule has 2 atom stereocenters. The molecule has 0 saturated carbocycles. The fraction of sp³-hybridized carbons (Fsp3) is 0.125. The van der Waals surface area contributed by atoms with Crippen LogP contribution in [0.1, 0.15) is 23.3 Å². The van der Waals surface area contributed by atoms with Crippen molar-refractivity contribution in [2.45, 2.75) is 12.2 Å². The number of carbonyl (C=O) groups excluding carboxylic acids is 2. The van der Waals surface area contributed by atoms with Crippen LogP contribution in [-0.2, 0) is 54.3 Å². The van der Waals surface area contributed by atoms with Crippen LogP contribution in [0, 0.1) is 0 Å². The number of hydrogen-bond acceptors (Lipinski definition) is 6. The minimum Gasteiger partial charge on any atom is -0.547 e. The quantitative estimate of drug-likeness (QED) is 0.499. The summed E-state index contributed by atoms with van der Waals surface area (Å²) in [5, 5.41) is 38.1. The molecule has 136 valence electrons. The van der Waals surface area contributed by atoms with Gasteiger partial charge < -0.3 is 30.0 Å². The first kappa shape index (κ1) is 25.0. The molecule has 0 aliphatic rings. The van der Waals surface area contributed by atoms with E-state index in [0.717, 1.165) is 0 Å². The number of benzene rings is 2. The summed E-state index contributed by atoms with van der Waals surface area (Å²) in [7, 11) is 0. The standard InChI is InChI=1S/2C8H8O3.2Ag/c2*9-7(8(10)11)6-4-2-1-3-5-6;;/h2*1-5,7,9H,(H,10,11);;/q;;2*+1/p-2. The van der Waals surface area contributed by atoms with Crippen molar-refractivity contribution in [1.29, 1.82) is 0 Å². The first-order valence-electron chi connectivity index (χ1n) is 6.31. The molecule has 0 aromatic heterocycles. The molecule has 2 unspecified atom stereocenters. The second-order valence-electron chi connectivity index (χ2n) is 4.26. The van der Waals surface area contributed by atoms with Gasteiger partial charge >= 0.3 is 44.8 Å². The number of aliphatic carboxylic acids is 2. The average Bonchev–Trinajstić information content (AvgIpc) is 2.55. The Balaban J connectivity index is 0. The Morgan fingerprint density at radius 3 is 1.12 bits per heavy atom. The van der Waals surface area contributed by atoms with Crippen LogP contribution < -0.4 is 10.2 Å². The monoisotopic (exact) mass is 516 g/mol. The van der Waals surface area contributed by atoms with Gasteiger partial charge in [0.25, 0.3) is 0 Å². The zero-order chi connectivity index (χ0) is 16.5. The second-order valence-corrected chi connectivity index (χ2v) is 4.26. The zero-order valence-electron chi connectivity index (χ0n) is 12.1. The van der Waals surface area contributed by atoms with Crippen molar-refractivity contribution in [3.05, 3.63) is 71.8 Å². The molecule has 0 aliphatic heterocycles. The maximum absolute atomic E-state index is 10.1. The molecule has 2 aromatic carbocycles. The minimum atomic E-state index is -1.52. The third-order valence-electron chi connectivity index (χ3n) is 2.68. The molecule has 2 aromatic rings. The maximum Gasteiger partial charge on any atom is 1.00 e.